The summed E-state index contributed by atoms with van der Waals surface area (Å²) in [4.78, 5) is 0. The van der Waals surface area contributed by atoms with Crippen LogP contribution in [0.2, 0.25) is 0 Å². The molecule has 0 aromatic rings. The van der Waals surface area contributed by atoms with Crippen molar-refractivity contribution in [3.8, 4) is 0 Å². The molecule has 0 aliphatic heterocycles. The second kappa shape index (κ2) is 2.39. The van der Waals surface area contributed by atoms with Gasteiger partial charge in [-0.15, -0.1) is 0 Å². The fourth-order valence-corrected chi connectivity index (χ4v) is 1.36. The fourth-order valence-electron chi connectivity index (χ4n) is 0.810. The second-order valence-electron chi connectivity index (χ2n) is 3.02. The third kappa shape index (κ3) is 2.08. The Hall–Kier alpha value is 0.700. The normalized spacial score (nSPS) is 23.6. The molecule has 51 valence electrons. The summed E-state index contributed by atoms with van der Waals surface area (Å²) in [6, 6.07) is 0. The summed E-state index contributed by atoms with van der Waals surface area (Å²) in [6.07, 6.45) is 3.38. The highest BCUT2D eigenvalue weighted by atomic mass is 79.9. The third-order valence-electron chi connectivity index (χ3n) is 1.66. The van der Waals surface area contributed by atoms with Crippen molar-refractivity contribution in [3.63, 3.8) is 0 Å². The van der Waals surface area contributed by atoms with Gasteiger partial charge in [0.2, 0.25) is 0 Å². The minimum absolute atomic E-state index is 0.479. The lowest BCUT2D eigenvalue weighted by molar-refractivity contribution is 0.672. The van der Waals surface area contributed by atoms with E-state index in [4.69, 9.17) is 0 Å². The van der Waals surface area contributed by atoms with Crippen LogP contribution in [-0.4, -0.2) is 0 Å². The van der Waals surface area contributed by atoms with Crippen molar-refractivity contribution in [1.29, 1.82) is 0 Å². The van der Waals surface area contributed by atoms with Gasteiger partial charge in [0.25, 0.3) is 0 Å². The molecule has 2 heteroatoms. The van der Waals surface area contributed by atoms with Gasteiger partial charge in [-0.25, -0.2) is 0 Å². The van der Waals surface area contributed by atoms with E-state index in [1.807, 2.05) is 0 Å². The molecule has 1 aliphatic carbocycles. The molecule has 1 radical (unpaired) electrons. The van der Waals surface area contributed by atoms with Crippen molar-refractivity contribution < 1.29 is 0 Å². The van der Waals surface area contributed by atoms with Gasteiger partial charge in [-0.3, -0.25) is 0 Å². The molecule has 0 nitrogen and oxygen atoms in total. The van der Waals surface area contributed by atoms with Gasteiger partial charge in [-0.05, 0) is 43.7 Å². The first-order chi connectivity index (χ1) is 4.02. The topological polar surface area (TPSA) is 0 Å². The third-order valence-corrected chi connectivity index (χ3v) is 2.12. The zero-order valence-corrected chi connectivity index (χ0v) is 8.71. The van der Waals surface area contributed by atoms with E-state index in [1.165, 1.54) is 12.3 Å². The molecular weight excluding hydrogens is 244 g/mol. The Morgan fingerprint density at radius 3 is 2.11 bits per heavy atom. The Morgan fingerprint density at radius 2 is 2.00 bits per heavy atom. The maximum absolute atomic E-state index is 3.32. The highest BCUT2D eigenvalue weighted by molar-refractivity contribution is 9.28. The van der Waals surface area contributed by atoms with Gasteiger partial charge in [0.15, 0.2) is 0 Å². The van der Waals surface area contributed by atoms with Crippen LogP contribution in [0, 0.1) is 11.3 Å². The summed E-state index contributed by atoms with van der Waals surface area (Å²) >= 11 is 6.65. The summed E-state index contributed by atoms with van der Waals surface area (Å²) in [5.41, 5.74) is 0.479. The van der Waals surface area contributed by atoms with Crippen molar-refractivity contribution in [2.45, 2.75) is 20.3 Å². The van der Waals surface area contributed by atoms with Gasteiger partial charge in [0.1, 0.15) is 0 Å². The highest BCUT2D eigenvalue weighted by Crippen LogP contribution is 2.55. The Labute approximate surface area is 73.0 Å². The highest BCUT2D eigenvalue weighted by Gasteiger charge is 2.44. The molecule has 1 aliphatic rings. The average Bonchev–Trinajstić information content (AvgIpc) is 2.10. The summed E-state index contributed by atoms with van der Waals surface area (Å²) in [5.74, 6) is 1.52. The molecule has 0 aromatic carbocycles. The molecule has 0 amide bonds. The number of hydrogen-bond acceptors (Lipinski definition) is 0. The van der Waals surface area contributed by atoms with Crippen LogP contribution in [0.3, 0.4) is 0 Å². The van der Waals surface area contributed by atoms with Crippen molar-refractivity contribution >= 4 is 31.9 Å². The maximum atomic E-state index is 3.32. The van der Waals surface area contributed by atoms with Crippen LogP contribution in [0.5, 0.6) is 0 Å². The van der Waals surface area contributed by atoms with Gasteiger partial charge >= 0.3 is 0 Å². The molecule has 1 fully saturated rings. The predicted molar refractivity (Wildman–Crippen MR) is 47.6 cm³/mol. The molecule has 0 heterocycles. The maximum Gasteiger partial charge on any atom is 0.0570 e. The average molecular weight is 253 g/mol. The largest absolute Gasteiger partial charge is 0.0590 e. The van der Waals surface area contributed by atoms with Crippen molar-refractivity contribution in [3.05, 3.63) is 15.4 Å². The van der Waals surface area contributed by atoms with Crippen molar-refractivity contribution in [2.24, 2.45) is 5.41 Å². The molecule has 0 bridgehead atoms. The molecule has 0 aromatic heterocycles. The van der Waals surface area contributed by atoms with Gasteiger partial charge < -0.3 is 0 Å². The zero-order valence-electron chi connectivity index (χ0n) is 5.54. The zero-order chi connectivity index (χ0) is 7.07. The smallest absolute Gasteiger partial charge is 0.0570 e. The fraction of sp³-hybridized carbons (Fsp3) is 0.571. The Balaban J connectivity index is 2.45. The summed E-state index contributed by atoms with van der Waals surface area (Å²) in [5, 5.41) is 0. The van der Waals surface area contributed by atoms with Crippen LogP contribution >= 0.6 is 31.9 Å². The minimum Gasteiger partial charge on any atom is -0.0590 e. The molecule has 0 saturated heterocycles. The summed E-state index contributed by atoms with van der Waals surface area (Å²) in [6.45, 7) is 4.50. The van der Waals surface area contributed by atoms with Crippen molar-refractivity contribution in [2.75, 3.05) is 0 Å². The minimum atomic E-state index is 0.479. The molecule has 0 unspecified atom stereocenters. The predicted octanol–water partition coefficient (Wildman–Crippen LogP) is 3.62. The van der Waals surface area contributed by atoms with Crippen LogP contribution in [0.15, 0.2) is 9.47 Å². The Morgan fingerprint density at radius 1 is 1.56 bits per heavy atom. The molecule has 1 saturated carbocycles. The monoisotopic (exact) mass is 251 g/mol. The van der Waals surface area contributed by atoms with E-state index in [0.717, 1.165) is 3.39 Å². The number of allylic oxidation sites excluding steroid dienone is 1. The van der Waals surface area contributed by atoms with Crippen LogP contribution in [0.25, 0.3) is 0 Å². The molecule has 9 heavy (non-hydrogen) atoms. The van der Waals surface area contributed by atoms with E-state index in [2.05, 4.69) is 51.8 Å². The Kier molecular flexibility index (Phi) is 2.07. The van der Waals surface area contributed by atoms with E-state index in [9.17, 15) is 0 Å². The van der Waals surface area contributed by atoms with Crippen molar-refractivity contribution in [1.82, 2.24) is 0 Å². The van der Waals surface area contributed by atoms with Crippen LogP contribution < -0.4 is 0 Å². The molecular formula is C7H9Br2. The molecule has 0 N–H and O–H groups in total. The van der Waals surface area contributed by atoms with E-state index >= 15 is 0 Å². The first-order valence-corrected chi connectivity index (χ1v) is 4.50. The molecule has 0 spiro atoms. The molecule has 0 atom stereocenters. The van der Waals surface area contributed by atoms with E-state index in [1.54, 1.807) is 0 Å². The lowest BCUT2D eigenvalue weighted by atomic mass is 10.1. The lowest BCUT2D eigenvalue weighted by Gasteiger charge is -1.94. The number of hydrogen-bond donors (Lipinski definition) is 0. The van der Waals surface area contributed by atoms with Crippen LogP contribution in [0.1, 0.15) is 20.3 Å². The standard InChI is InChI=1S/C7H9Br2/c1-7(2)4-5(7)3-6(8)9/h3H,4H2,1-2H3. The van der Waals surface area contributed by atoms with E-state index in [0.29, 0.717) is 5.41 Å². The van der Waals surface area contributed by atoms with Gasteiger partial charge in [-0.2, -0.15) is 0 Å². The van der Waals surface area contributed by atoms with Gasteiger partial charge in [-0.1, -0.05) is 19.9 Å². The van der Waals surface area contributed by atoms with Crippen LogP contribution in [-0.2, 0) is 0 Å². The van der Waals surface area contributed by atoms with Gasteiger partial charge in [0, 0.05) is 5.92 Å². The van der Waals surface area contributed by atoms with E-state index < -0.39 is 0 Å². The first kappa shape index (κ1) is 7.80. The molecule has 1 rings (SSSR count). The number of halogens is 2. The summed E-state index contributed by atoms with van der Waals surface area (Å²) < 4.78 is 1.05. The summed E-state index contributed by atoms with van der Waals surface area (Å²) in [7, 11) is 0. The second-order valence-corrected chi connectivity index (χ2v) is 5.79. The quantitative estimate of drug-likeness (QED) is 0.669. The number of rotatable bonds is 1. The lowest BCUT2D eigenvalue weighted by Crippen LogP contribution is -1.83. The van der Waals surface area contributed by atoms with E-state index in [-0.39, 0.29) is 0 Å². The Bertz CT molecular complexity index is 143. The van der Waals surface area contributed by atoms with Gasteiger partial charge in [0.05, 0.1) is 3.39 Å². The van der Waals surface area contributed by atoms with Crippen LogP contribution in [0.4, 0.5) is 0 Å². The SMILES string of the molecule is CC1(C)C[C]1C=C(Br)Br. The first-order valence-electron chi connectivity index (χ1n) is 2.91.